The van der Waals surface area contributed by atoms with E-state index in [1.807, 2.05) is 0 Å². The molecule has 2 aromatic rings. The molecule has 20 heavy (non-hydrogen) atoms. The Hall–Kier alpha value is -2.38. The molecule has 1 aliphatic heterocycles. The van der Waals surface area contributed by atoms with Crippen molar-refractivity contribution < 1.29 is 9.13 Å². The smallest absolute Gasteiger partial charge is 0.255 e. The zero-order valence-electron chi connectivity index (χ0n) is 10.0. The molecule has 0 aliphatic carbocycles. The minimum Gasteiger partial charge on any atom is -0.436 e. The number of nitrogens with one attached hydrogen (secondary N) is 3. The third kappa shape index (κ3) is 2.63. The van der Waals surface area contributed by atoms with Crippen molar-refractivity contribution in [1.29, 1.82) is 0 Å². The standard InChI is InChI=1S/C12H9ClFN5O/c13-8-5-10(14)12(15-6-8)20-9-3-1-7(2-4-9)11-16-18-19-17-11/h1-6,18-19H,(H,16,17). The van der Waals surface area contributed by atoms with Gasteiger partial charge in [-0.2, -0.15) is 0 Å². The Morgan fingerprint density at radius 2 is 2.00 bits per heavy atom. The highest BCUT2D eigenvalue weighted by Gasteiger charge is 2.10. The molecule has 6 nitrogen and oxygen atoms in total. The van der Waals surface area contributed by atoms with Crippen LogP contribution in [0.1, 0.15) is 5.56 Å². The minimum atomic E-state index is -0.614. The molecule has 3 rings (SSSR count). The van der Waals surface area contributed by atoms with E-state index < -0.39 is 5.82 Å². The SMILES string of the molecule is Fc1cc(Cl)cnc1Oc1ccc(C2=NNNN2)cc1. The first-order chi connectivity index (χ1) is 9.72. The van der Waals surface area contributed by atoms with E-state index in [9.17, 15) is 4.39 Å². The Balaban J connectivity index is 1.78. The Morgan fingerprint density at radius 1 is 1.20 bits per heavy atom. The highest BCUT2D eigenvalue weighted by Crippen LogP contribution is 2.24. The van der Waals surface area contributed by atoms with Gasteiger partial charge in [-0.1, -0.05) is 11.6 Å². The average molecular weight is 294 g/mol. The number of hydrogen-bond donors (Lipinski definition) is 3. The molecule has 0 unspecified atom stereocenters. The Bertz CT molecular complexity index is 661. The molecule has 3 N–H and O–H groups in total. The van der Waals surface area contributed by atoms with E-state index in [0.29, 0.717) is 11.6 Å². The van der Waals surface area contributed by atoms with Gasteiger partial charge in [0, 0.05) is 11.8 Å². The molecular formula is C12H9ClFN5O. The van der Waals surface area contributed by atoms with Crippen molar-refractivity contribution in [2.75, 3.05) is 0 Å². The molecule has 0 saturated heterocycles. The van der Waals surface area contributed by atoms with E-state index >= 15 is 0 Å². The summed E-state index contributed by atoms with van der Waals surface area (Å²) in [5.41, 5.74) is 8.86. The summed E-state index contributed by atoms with van der Waals surface area (Å²) in [6.45, 7) is 0. The molecule has 0 fully saturated rings. The molecular weight excluding hydrogens is 285 g/mol. The number of hydrazine groups is 2. The summed E-state index contributed by atoms with van der Waals surface area (Å²) < 4.78 is 18.9. The highest BCUT2D eigenvalue weighted by atomic mass is 35.5. The molecule has 1 aromatic heterocycles. The molecule has 8 heteroatoms. The van der Waals surface area contributed by atoms with Gasteiger partial charge in [-0.3, -0.25) is 5.43 Å². The van der Waals surface area contributed by atoms with Crippen molar-refractivity contribution in [3.8, 4) is 11.6 Å². The summed E-state index contributed by atoms with van der Waals surface area (Å²) in [7, 11) is 0. The van der Waals surface area contributed by atoms with Gasteiger partial charge in [0.05, 0.1) is 5.02 Å². The van der Waals surface area contributed by atoms with Crippen molar-refractivity contribution in [2.45, 2.75) is 0 Å². The molecule has 1 aromatic carbocycles. The summed E-state index contributed by atoms with van der Waals surface area (Å²) in [4.78, 5) is 3.79. The normalized spacial score (nSPS) is 13.4. The van der Waals surface area contributed by atoms with Gasteiger partial charge >= 0.3 is 0 Å². The van der Waals surface area contributed by atoms with Crippen LogP contribution in [0.4, 0.5) is 4.39 Å². The quantitative estimate of drug-likeness (QED) is 0.807. The third-order valence-corrected chi connectivity index (χ3v) is 2.73. The van der Waals surface area contributed by atoms with Crippen molar-refractivity contribution in [2.24, 2.45) is 5.10 Å². The average Bonchev–Trinajstić information content (AvgIpc) is 2.97. The molecule has 0 atom stereocenters. The molecule has 2 heterocycles. The predicted molar refractivity (Wildman–Crippen MR) is 71.7 cm³/mol. The number of nitrogens with zero attached hydrogens (tertiary/aromatic N) is 2. The number of aromatic nitrogens is 1. The first-order valence-electron chi connectivity index (χ1n) is 5.65. The van der Waals surface area contributed by atoms with Crippen LogP contribution < -0.4 is 21.2 Å². The summed E-state index contributed by atoms with van der Waals surface area (Å²) in [5.74, 6) is 0.368. The van der Waals surface area contributed by atoms with Crippen molar-refractivity contribution in [1.82, 2.24) is 21.5 Å². The van der Waals surface area contributed by atoms with E-state index in [0.717, 1.165) is 11.6 Å². The van der Waals surface area contributed by atoms with Crippen molar-refractivity contribution in [3.05, 3.63) is 52.9 Å². The first-order valence-corrected chi connectivity index (χ1v) is 6.03. The topological polar surface area (TPSA) is 70.6 Å². The van der Waals surface area contributed by atoms with Crippen LogP contribution in [0, 0.1) is 5.82 Å². The molecule has 102 valence electrons. The van der Waals surface area contributed by atoms with Gasteiger partial charge < -0.3 is 4.74 Å². The number of halogens is 2. The van der Waals surface area contributed by atoms with Crippen LogP contribution in [0.2, 0.25) is 5.02 Å². The Morgan fingerprint density at radius 3 is 2.65 bits per heavy atom. The van der Waals surface area contributed by atoms with Gasteiger partial charge in [0.2, 0.25) is 0 Å². The lowest BCUT2D eigenvalue weighted by molar-refractivity contribution is 0.423. The van der Waals surface area contributed by atoms with E-state index in [1.54, 1.807) is 24.3 Å². The van der Waals surface area contributed by atoms with Crippen LogP contribution in [0.25, 0.3) is 0 Å². The van der Waals surface area contributed by atoms with Gasteiger partial charge in [0.1, 0.15) is 5.75 Å². The van der Waals surface area contributed by atoms with Gasteiger partial charge in [-0.25, -0.2) is 14.9 Å². The summed E-state index contributed by atoms with van der Waals surface area (Å²) in [6, 6.07) is 8.08. The summed E-state index contributed by atoms with van der Waals surface area (Å²) >= 11 is 5.62. The number of ether oxygens (including phenoxy) is 1. The minimum absolute atomic E-state index is 0.123. The fourth-order valence-corrected chi connectivity index (χ4v) is 1.75. The van der Waals surface area contributed by atoms with Crippen LogP contribution in [0.5, 0.6) is 11.6 Å². The summed E-state index contributed by atoms with van der Waals surface area (Å²) in [5, 5.41) is 4.18. The maximum atomic E-state index is 13.5. The van der Waals surface area contributed by atoms with Crippen molar-refractivity contribution >= 4 is 17.4 Å². The monoisotopic (exact) mass is 293 g/mol. The molecule has 1 aliphatic rings. The lowest BCUT2D eigenvalue weighted by Gasteiger charge is -2.06. The van der Waals surface area contributed by atoms with Gasteiger partial charge in [0.15, 0.2) is 11.7 Å². The molecule has 0 spiro atoms. The lowest BCUT2D eigenvalue weighted by Crippen LogP contribution is -2.35. The predicted octanol–water partition coefficient (Wildman–Crippen LogP) is 1.94. The van der Waals surface area contributed by atoms with Crippen LogP contribution in [-0.2, 0) is 0 Å². The first kappa shape index (κ1) is 12.6. The molecule has 0 amide bonds. The van der Waals surface area contributed by atoms with Gasteiger partial charge in [-0.15, -0.1) is 10.6 Å². The van der Waals surface area contributed by atoms with E-state index in [-0.39, 0.29) is 10.9 Å². The fraction of sp³-hybridized carbons (Fsp3) is 0. The zero-order valence-corrected chi connectivity index (χ0v) is 10.8. The molecule has 0 saturated carbocycles. The third-order valence-electron chi connectivity index (χ3n) is 2.52. The molecule has 0 radical (unpaired) electrons. The summed E-state index contributed by atoms with van der Waals surface area (Å²) in [6.07, 6.45) is 1.32. The second kappa shape index (κ2) is 5.32. The van der Waals surface area contributed by atoms with E-state index in [4.69, 9.17) is 16.3 Å². The second-order valence-corrected chi connectivity index (χ2v) is 4.33. The van der Waals surface area contributed by atoms with Crippen LogP contribution in [0.3, 0.4) is 0 Å². The van der Waals surface area contributed by atoms with Crippen molar-refractivity contribution in [3.63, 3.8) is 0 Å². The number of hydrazone groups is 1. The largest absolute Gasteiger partial charge is 0.436 e. The number of amidine groups is 1. The number of benzene rings is 1. The Kier molecular flexibility index (Phi) is 3.36. The maximum Gasteiger partial charge on any atom is 0.255 e. The van der Waals surface area contributed by atoms with Crippen LogP contribution in [0.15, 0.2) is 41.6 Å². The van der Waals surface area contributed by atoms with E-state index in [1.165, 1.54) is 6.20 Å². The highest BCUT2D eigenvalue weighted by molar-refractivity contribution is 6.30. The fourth-order valence-electron chi connectivity index (χ4n) is 1.61. The van der Waals surface area contributed by atoms with E-state index in [2.05, 4.69) is 26.6 Å². The van der Waals surface area contributed by atoms with Gasteiger partial charge in [-0.05, 0) is 30.3 Å². The Labute approximate surface area is 118 Å². The van der Waals surface area contributed by atoms with Gasteiger partial charge in [0.25, 0.3) is 5.88 Å². The molecule has 0 bridgehead atoms. The number of rotatable bonds is 3. The second-order valence-electron chi connectivity index (χ2n) is 3.89. The number of hydrogen-bond acceptors (Lipinski definition) is 6. The zero-order chi connectivity index (χ0) is 13.9. The van der Waals surface area contributed by atoms with Crippen LogP contribution in [-0.4, -0.2) is 10.8 Å². The lowest BCUT2D eigenvalue weighted by atomic mass is 10.2. The number of pyridine rings is 1. The maximum absolute atomic E-state index is 13.5. The van der Waals surface area contributed by atoms with Crippen LogP contribution >= 0.6 is 11.6 Å².